The van der Waals surface area contributed by atoms with E-state index in [4.69, 9.17) is 5.73 Å². The molecule has 0 radical (unpaired) electrons. The van der Waals surface area contributed by atoms with Crippen molar-refractivity contribution in [1.82, 2.24) is 9.78 Å². The zero-order chi connectivity index (χ0) is 12.5. The zero-order valence-electron chi connectivity index (χ0n) is 10.6. The van der Waals surface area contributed by atoms with Crippen molar-refractivity contribution in [2.45, 2.75) is 32.7 Å². The van der Waals surface area contributed by atoms with E-state index >= 15 is 0 Å². The van der Waals surface area contributed by atoms with Gasteiger partial charge in [-0.25, -0.2) is 4.68 Å². The Balaban J connectivity index is 2.29. The van der Waals surface area contributed by atoms with Gasteiger partial charge in [0.15, 0.2) is 0 Å². The third kappa shape index (κ3) is 2.56. The summed E-state index contributed by atoms with van der Waals surface area (Å²) < 4.78 is 1.86. The number of nitrogens with zero attached hydrogens (tertiary/aromatic N) is 2. The first-order chi connectivity index (χ1) is 8.00. The Morgan fingerprint density at radius 3 is 2.29 bits per heavy atom. The van der Waals surface area contributed by atoms with Gasteiger partial charge in [-0.1, -0.05) is 32.9 Å². The summed E-state index contributed by atoms with van der Waals surface area (Å²) >= 11 is 0. The van der Waals surface area contributed by atoms with Gasteiger partial charge in [-0.3, -0.25) is 0 Å². The Kier molecular flexibility index (Phi) is 3.03. The quantitative estimate of drug-likeness (QED) is 0.860. The highest BCUT2D eigenvalue weighted by atomic mass is 15.3. The van der Waals surface area contributed by atoms with Crippen molar-refractivity contribution >= 4 is 0 Å². The fraction of sp³-hybridized carbons (Fsp3) is 0.357. The van der Waals surface area contributed by atoms with Crippen molar-refractivity contribution in [3.63, 3.8) is 0 Å². The predicted molar refractivity (Wildman–Crippen MR) is 70.2 cm³/mol. The third-order valence-electron chi connectivity index (χ3n) is 2.87. The summed E-state index contributed by atoms with van der Waals surface area (Å²) in [5, 5.41) is 4.29. The van der Waals surface area contributed by atoms with Crippen LogP contribution in [0.25, 0.3) is 5.69 Å². The Labute approximate surface area is 102 Å². The van der Waals surface area contributed by atoms with E-state index in [0.717, 1.165) is 11.3 Å². The molecule has 0 saturated carbocycles. The SMILES string of the molecule is CC(C)(C)c1ccc(-n2cc(CN)cn2)cc1. The van der Waals surface area contributed by atoms with Crippen LogP contribution in [0, 0.1) is 0 Å². The van der Waals surface area contributed by atoms with Crippen molar-refractivity contribution in [1.29, 1.82) is 0 Å². The molecule has 3 nitrogen and oxygen atoms in total. The molecule has 2 aromatic rings. The molecule has 0 aliphatic heterocycles. The van der Waals surface area contributed by atoms with Crippen LogP contribution in [0.2, 0.25) is 0 Å². The second-order valence-corrected chi connectivity index (χ2v) is 5.29. The lowest BCUT2D eigenvalue weighted by Crippen LogP contribution is -2.10. The van der Waals surface area contributed by atoms with E-state index in [1.165, 1.54) is 5.56 Å². The molecule has 0 bridgehead atoms. The van der Waals surface area contributed by atoms with Gasteiger partial charge in [0.25, 0.3) is 0 Å². The summed E-state index contributed by atoms with van der Waals surface area (Å²) in [5.41, 5.74) is 9.19. The minimum Gasteiger partial charge on any atom is -0.326 e. The van der Waals surface area contributed by atoms with E-state index < -0.39 is 0 Å². The van der Waals surface area contributed by atoms with E-state index in [0.29, 0.717) is 6.54 Å². The molecule has 3 heteroatoms. The Morgan fingerprint density at radius 2 is 1.82 bits per heavy atom. The highest BCUT2D eigenvalue weighted by Gasteiger charge is 2.13. The number of hydrogen-bond donors (Lipinski definition) is 1. The molecule has 2 rings (SSSR count). The van der Waals surface area contributed by atoms with E-state index in [2.05, 4.69) is 50.1 Å². The predicted octanol–water partition coefficient (Wildman–Crippen LogP) is 2.63. The van der Waals surface area contributed by atoms with Crippen LogP contribution >= 0.6 is 0 Å². The van der Waals surface area contributed by atoms with E-state index in [1.807, 2.05) is 10.9 Å². The Hall–Kier alpha value is -1.61. The van der Waals surface area contributed by atoms with E-state index in [1.54, 1.807) is 6.20 Å². The topological polar surface area (TPSA) is 43.8 Å². The molecule has 0 saturated heterocycles. The molecule has 2 N–H and O–H groups in total. The van der Waals surface area contributed by atoms with Crippen LogP contribution in [0.3, 0.4) is 0 Å². The number of aromatic nitrogens is 2. The van der Waals surface area contributed by atoms with E-state index in [-0.39, 0.29) is 5.41 Å². The first-order valence-corrected chi connectivity index (χ1v) is 5.85. The monoisotopic (exact) mass is 229 g/mol. The smallest absolute Gasteiger partial charge is 0.0645 e. The van der Waals surface area contributed by atoms with Gasteiger partial charge in [0.2, 0.25) is 0 Å². The van der Waals surface area contributed by atoms with Gasteiger partial charge in [0.05, 0.1) is 11.9 Å². The standard InChI is InChI=1S/C14H19N3/c1-14(2,3)12-4-6-13(7-5-12)17-10-11(8-15)9-16-17/h4-7,9-10H,8,15H2,1-3H3. The Bertz CT molecular complexity index is 489. The molecule has 0 unspecified atom stereocenters. The summed E-state index contributed by atoms with van der Waals surface area (Å²) in [6, 6.07) is 8.49. The lowest BCUT2D eigenvalue weighted by atomic mass is 9.87. The molecular formula is C14H19N3. The average molecular weight is 229 g/mol. The lowest BCUT2D eigenvalue weighted by molar-refractivity contribution is 0.590. The normalized spacial score (nSPS) is 11.8. The largest absolute Gasteiger partial charge is 0.326 e. The van der Waals surface area contributed by atoms with Crippen LogP contribution < -0.4 is 5.73 Å². The molecule has 0 atom stereocenters. The number of rotatable bonds is 2. The second kappa shape index (κ2) is 4.34. The fourth-order valence-electron chi connectivity index (χ4n) is 1.72. The molecule has 17 heavy (non-hydrogen) atoms. The maximum Gasteiger partial charge on any atom is 0.0645 e. The third-order valence-corrected chi connectivity index (χ3v) is 2.87. The molecule has 0 aliphatic rings. The highest BCUT2D eigenvalue weighted by molar-refractivity contribution is 5.36. The molecule has 90 valence electrons. The van der Waals surface area contributed by atoms with Crippen LogP contribution in [0.1, 0.15) is 31.9 Å². The van der Waals surface area contributed by atoms with Gasteiger partial charge in [-0.05, 0) is 23.1 Å². The Morgan fingerprint density at radius 1 is 1.18 bits per heavy atom. The second-order valence-electron chi connectivity index (χ2n) is 5.29. The molecule has 1 aromatic carbocycles. The number of benzene rings is 1. The molecule has 1 aromatic heterocycles. The first kappa shape index (κ1) is 11.9. The van der Waals surface area contributed by atoms with Gasteiger partial charge < -0.3 is 5.73 Å². The molecule has 0 amide bonds. The van der Waals surface area contributed by atoms with E-state index in [9.17, 15) is 0 Å². The maximum absolute atomic E-state index is 5.57. The minimum atomic E-state index is 0.186. The highest BCUT2D eigenvalue weighted by Crippen LogP contribution is 2.23. The molecular weight excluding hydrogens is 210 g/mol. The molecule has 0 aliphatic carbocycles. The summed E-state index contributed by atoms with van der Waals surface area (Å²) in [6.07, 6.45) is 3.77. The van der Waals surface area contributed by atoms with Crippen molar-refractivity contribution in [3.8, 4) is 5.69 Å². The average Bonchev–Trinajstić information content (AvgIpc) is 2.76. The van der Waals surface area contributed by atoms with Gasteiger partial charge in [0, 0.05) is 18.3 Å². The number of hydrogen-bond acceptors (Lipinski definition) is 2. The fourth-order valence-corrected chi connectivity index (χ4v) is 1.72. The maximum atomic E-state index is 5.57. The first-order valence-electron chi connectivity index (χ1n) is 5.85. The summed E-state index contributed by atoms with van der Waals surface area (Å²) in [6.45, 7) is 7.16. The van der Waals surface area contributed by atoms with Crippen LogP contribution in [0.5, 0.6) is 0 Å². The van der Waals surface area contributed by atoms with Crippen molar-refractivity contribution in [3.05, 3.63) is 47.8 Å². The van der Waals surface area contributed by atoms with Crippen LogP contribution in [-0.4, -0.2) is 9.78 Å². The molecule has 1 heterocycles. The minimum absolute atomic E-state index is 0.186. The van der Waals surface area contributed by atoms with Gasteiger partial charge in [-0.15, -0.1) is 0 Å². The van der Waals surface area contributed by atoms with Crippen molar-refractivity contribution in [2.75, 3.05) is 0 Å². The summed E-state index contributed by atoms with van der Waals surface area (Å²) in [4.78, 5) is 0. The van der Waals surface area contributed by atoms with Gasteiger partial charge >= 0.3 is 0 Å². The molecule has 0 fully saturated rings. The van der Waals surface area contributed by atoms with Crippen LogP contribution in [-0.2, 0) is 12.0 Å². The number of nitrogens with two attached hydrogens (primary N) is 1. The molecule has 0 spiro atoms. The van der Waals surface area contributed by atoms with Crippen LogP contribution in [0.15, 0.2) is 36.7 Å². The summed E-state index contributed by atoms with van der Waals surface area (Å²) in [5.74, 6) is 0. The van der Waals surface area contributed by atoms with Crippen LogP contribution in [0.4, 0.5) is 0 Å². The van der Waals surface area contributed by atoms with Crippen molar-refractivity contribution in [2.24, 2.45) is 5.73 Å². The lowest BCUT2D eigenvalue weighted by Gasteiger charge is -2.19. The van der Waals surface area contributed by atoms with Gasteiger partial charge in [0.1, 0.15) is 0 Å². The van der Waals surface area contributed by atoms with Gasteiger partial charge in [-0.2, -0.15) is 5.10 Å². The summed E-state index contributed by atoms with van der Waals surface area (Å²) in [7, 11) is 0. The van der Waals surface area contributed by atoms with Crippen molar-refractivity contribution < 1.29 is 0 Å². The zero-order valence-corrected chi connectivity index (χ0v) is 10.6.